The van der Waals surface area contributed by atoms with E-state index in [1.54, 1.807) is 61.5 Å². The second-order valence-electron chi connectivity index (χ2n) is 8.56. The molecule has 186 valence electrons. The van der Waals surface area contributed by atoms with Gasteiger partial charge in [-0.15, -0.1) is 0 Å². The molecule has 10 nitrogen and oxygen atoms in total. The van der Waals surface area contributed by atoms with Gasteiger partial charge in [-0.3, -0.25) is 13.9 Å². The third-order valence-electron chi connectivity index (χ3n) is 6.18. The predicted octanol–water partition coefficient (Wildman–Crippen LogP) is 2.63. The lowest BCUT2D eigenvalue weighted by Crippen LogP contribution is -2.54. The average Bonchev–Trinajstić information content (AvgIpc) is 2.80. The maximum Gasteiger partial charge on any atom is 0.445 e. The highest BCUT2D eigenvalue weighted by Crippen LogP contribution is 2.39. The molecule has 35 heavy (non-hydrogen) atoms. The van der Waals surface area contributed by atoms with Crippen LogP contribution in [0.25, 0.3) is 0 Å². The van der Waals surface area contributed by atoms with Crippen LogP contribution in [-0.2, 0) is 31.0 Å². The smallest absolute Gasteiger partial charge is 0.445 e. The molecule has 0 radical (unpaired) electrons. The Bertz CT molecular complexity index is 1210. The number of aliphatic carboxylic acids is 1. The Morgan fingerprint density at radius 2 is 1.71 bits per heavy atom. The molecule has 0 saturated carbocycles. The monoisotopic (exact) mass is 502 g/mol. The molecule has 1 saturated heterocycles. The highest BCUT2D eigenvalue weighted by Gasteiger charge is 2.44. The second kappa shape index (κ2) is 9.95. The molecule has 2 aliphatic heterocycles. The molecule has 0 aromatic heterocycles. The molecule has 0 spiro atoms. The number of nitrogens with zero attached hydrogens (tertiary/aromatic N) is 2. The van der Waals surface area contributed by atoms with E-state index < -0.39 is 39.4 Å². The van der Waals surface area contributed by atoms with E-state index in [0.29, 0.717) is 5.56 Å². The van der Waals surface area contributed by atoms with Gasteiger partial charge in [-0.2, -0.15) is 8.42 Å². The highest BCUT2D eigenvalue weighted by atomic mass is 32.2. The lowest BCUT2D eigenvalue weighted by molar-refractivity contribution is -0.153. The molecule has 1 unspecified atom stereocenters. The summed E-state index contributed by atoms with van der Waals surface area (Å²) in [5.41, 5.74) is 0.866. The summed E-state index contributed by atoms with van der Waals surface area (Å²) in [6.07, 6.45) is -0.467. The Morgan fingerprint density at radius 1 is 1.06 bits per heavy atom. The number of ether oxygens (including phenoxy) is 2. The van der Waals surface area contributed by atoms with Gasteiger partial charge in [0.05, 0.1) is 17.6 Å². The number of para-hydroxylation sites is 2. The molecule has 2 aromatic carbocycles. The summed E-state index contributed by atoms with van der Waals surface area (Å²) in [6.45, 7) is 1.74. The van der Waals surface area contributed by atoms with E-state index in [1.165, 1.54) is 4.90 Å². The maximum atomic E-state index is 13.3. The molecular formula is C24H26N2O8S. The largest absolute Gasteiger partial charge is 0.486 e. The van der Waals surface area contributed by atoms with Gasteiger partial charge in [0.15, 0.2) is 0 Å². The number of carbonyl (C=O) groups is 3. The molecule has 0 bridgehead atoms. The Labute approximate surface area is 203 Å². The van der Waals surface area contributed by atoms with Crippen LogP contribution in [0.3, 0.4) is 0 Å². The van der Waals surface area contributed by atoms with Crippen molar-refractivity contribution in [2.75, 3.05) is 17.4 Å². The van der Waals surface area contributed by atoms with Crippen LogP contribution in [0, 0.1) is 5.92 Å². The fraction of sp³-hybridized carbons (Fsp3) is 0.375. The summed E-state index contributed by atoms with van der Waals surface area (Å²) in [5, 5.41) is 7.61. The first-order valence-electron chi connectivity index (χ1n) is 11.2. The van der Waals surface area contributed by atoms with Gasteiger partial charge in [0.2, 0.25) is 5.91 Å². The van der Waals surface area contributed by atoms with Gasteiger partial charge in [-0.05, 0) is 31.0 Å². The molecule has 1 N–H and O–H groups in total. The highest BCUT2D eigenvalue weighted by molar-refractivity contribution is 8.06. The van der Waals surface area contributed by atoms with Crippen LogP contribution in [0.2, 0.25) is 0 Å². The number of carboxylic acid groups (broad SMARTS) is 1. The van der Waals surface area contributed by atoms with E-state index in [9.17, 15) is 22.8 Å². The predicted molar refractivity (Wildman–Crippen MR) is 125 cm³/mol. The molecule has 0 aliphatic carbocycles. The summed E-state index contributed by atoms with van der Waals surface area (Å²) < 4.78 is 38.7. The Hall–Kier alpha value is -3.60. The van der Waals surface area contributed by atoms with Crippen LogP contribution in [0.15, 0.2) is 54.6 Å². The van der Waals surface area contributed by atoms with Crippen molar-refractivity contribution in [3.8, 4) is 5.75 Å². The van der Waals surface area contributed by atoms with Crippen molar-refractivity contribution < 1.29 is 37.4 Å². The van der Waals surface area contributed by atoms with Gasteiger partial charge in [-0.1, -0.05) is 42.5 Å². The summed E-state index contributed by atoms with van der Waals surface area (Å²) in [5.74, 6) is -1.45. The minimum atomic E-state index is -4.56. The molecule has 2 aliphatic rings. The van der Waals surface area contributed by atoms with Crippen LogP contribution >= 0.6 is 0 Å². The first-order chi connectivity index (χ1) is 16.7. The van der Waals surface area contributed by atoms with Crippen LogP contribution in [0.4, 0.5) is 10.5 Å². The first-order valence-corrected chi connectivity index (χ1v) is 12.6. The van der Waals surface area contributed by atoms with E-state index >= 15 is 0 Å². The number of anilines is 1. The fourth-order valence-electron chi connectivity index (χ4n) is 4.15. The van der Waals surface area contributed by atoms with Gasteiger partial charge in [-0.25, -0.2) is 4.79 Å². The number of benzene rings is 2. The molecule has 1 amide bonds. The fourth-order valence-corrected chi connectivity index (χ4v) is 5.50. The summed E-state index contributed by atoms with van der Waals surface area (Å²) >= 11 is 0. The van der Waals surface area contributed by atoms with E-state index in [1.807, 2.05) is 0 Å². The third kappa shape index (κ3) is 5.09. The molecule has 1 fully saturated rings. The number of likely N-dealkylation sites (tertiary alicyclic amines) is 1. The summed E-state index contributed by atoms with van der Waals surface area (Å²) in [7, 11) is -4.56. The van der Waals surface area contributed by atoms with Crippen molar-refractivity contribution in [3.05, 3.63) is 60.2 Å². The minimum Gasteiger partial charge on any atom is -0.486 e. The minimum absolute atomic E-state index is 0.0514. The lowest BCUT2D eigenvalue weighted by atomic mass is 9.98. The second-order valence-corrected chi connectivity index (χ2v) is 10.2. The van der Waals surface area contributed by atoms with Crippen molar-refractivity contribution in [1.82, 2.24) is 4.90 Å². The van der Waals surface area contributed by atoms with Gasteiger partial charge in [0, 0.05) is 19.5 Å². The normalized spacial score (nSPS) is 19.8. The number of carboxylic acids is 1. The Morgan fingerprint density at radius 3 is 2.40 bits per heavy atom. The molecule has 2 heterocycles. The number of sulfonamides is 1. The lowest BCUT2D eigenvalue weighted by Gasteiger charge is -2.41. The van der Waals surface area contributed by atoms with Crippen LogP contribution in [-0.4, -0.2) is 60.8 Å². The number of hydrogen-bond donors (Lipinski definition) is 1. The number of amides is 1. The van der Waals surface area contributed by atoms with Gasteiger partial charge >= 0.3 is 21.3 Å². The number of rotatable bonds is 7. The van der Waals surface area contributed by atoms with Crippen LogP contribution < -0.4 is 9.04 Å². The van der Waals surface area contributed by atoms with Gasteiger partial charge < -0.3 is 19.5 Å². The zero-order valence-corrected chi connectivity index (χ0v) is 19.9. The SMILES string of the molecule is C[C@@H]1C(CCC(=O)N2CC(C(=O)O)C2)Oc2ccccc2N1S(=O)(=O)C(=O)OCc1ccccc1. The maximum absolute atomic E-state index is 13.3. The number of carbonyl (C=O) groups excluding carboxylic acids is 2. The number of hydrogen-bond acceptors (Lipinski definition) is 7. The molecule has 4 rings (SSSR count). The van der Waals surface area contributed by atoms with Crippen LogP contribution in [0.5, 0.6) is 5.75 Å². The zero-order chi connectivity index (χ0) is 25.2. The summed E-state index contributed by atoms with van der Waals surface area (Å²) in [6, 6.07) is 14.4. The topological polar surface area (TPSA) is 131 Å². The summed E-state index contributed by atoms with van der Waals surface area (Å²) in [4.78, 5) is 37.6. The third-order valence-corrected chi connectivity index (χ3v) is 7.77. The standard InChI is InChI=1S/C24H26N2O8S/c1-16-20(11-12-22(27)25-13-18(14-25)23(28)29)34-21-10-6-5-9-19(21)26(16)35(31,32)24(30)33-15-17-7-3-2-4-8-17/h2-10,16,18,20H,11-15H2,1H3,(H,28,29)/t16-,20?/m1/s1. The van der Waals surface area contributed by atoms with Crippen molar-refractivity contribution in [2.45, 2.75) is 38.5 Å². The van der Waals surface area contributed by atoms with Crippen molar-refractivity contribution >= 4 is 32.9 Å². The molecular weight excluding hydrogens is 476 g/mol. The van der Waals surface area contributed by atoms with E-state index in [-0.39, 0.29) is 49.9 Å². The van der Waals surface area contributed by atoms with E-state index in [4.69, 9.17) is 14.6 Å². The quantitative estimate of drug-likeness (QED) is 0.572. The Kier molecular flexibility index (Phi) is 6.97. The van der Waals surface area contributed by atoms with Crippen molar-refractivity contribution in [3.63, 3.8) is 0 Å². The molecule has 2 atom stereocenters. The van der Waals surface area contributed by atoms with Crippen molar-refractivity contribution in [2.24, 2.45) is 5.92 Å². The Balaban J connectivity index is 1.47. The first kappa shape index (κ1) is 24.5. The average molecular weight is 503 g/mol. The molecule has 2 aromatic rings. The van der Waals surface area contributed by atoms with Gasteiger partial charge in [0.1, 0.15) is 18.5 Å². The van der Waals surface area contributed by atoms with E-state index in [0.717, 1.165) is 4.31 Å². The van der Waals surface area contributed by atoms with Crippen LogP contribution in [0.1, 0.15) is 25.3 Å². The van der Waals surface area contributed by atoms with Crippen molar-refractivity contribution in [1.29, 1.82) is 0 Å². The molecule has 11 heteroatoms. The number of fused-ring (bicyclic) bond motifs is 1. The van der Waals surface area contributed by atoms with Gasteiger partial charge in [0.25, 0.3) is 0 Å². The zero-order valence-electron chi connectivity index (χ0n) is 19.1. The van der Waals surface area contributed by atoms with E-state index in [2.05, 4.69) is 0 Å².